The number of hydrogen-bond acceptors (Lipinski definition) is 1. The van der Waals surface area contributed by atoms with Crippen molar-refractivity contribution >= 4 is 31.9 Å². The molecule has 2 rings (SSSR count). The van der Waals surface area contributed by atoms with Gasteiger partial charge in [-0.05, 0) is 54.3 Å². The number of nitrogens with two attached hydrogens (primary N) is 1. The Morgan fingerprint density at radius 2 is 1.58 bits per heavy atom. The Morgan fingerprint density at radius 1 is 0.947 bits per heavy atom. The molecule has 100 valence electrons. The minimum absolute atomic E-state index is 0.0926. The zero-order chi connectivity index (χ0) is 13.8. The molecule has 1 nitrogen and oxygen atoms in total. The first-order valence-corrected chi connectivity index (χ1v) is 7.57. The minimum Gasteiger partial charge on any atom is -0.327 e. The van der Waals surface area contributed by atoms with Crippen LogP contribution in [0.1, 0.15) is 11.1 Å². The van der Waals surface area contributed by atoms with Gasteiger partial charge in [-0.1, -0.05) is 44.0 Å². The monoisotopic (exact) mass is 385 g/mol. The van der Waals surface area contributed by atoms with E-state index in [9.17, 15) is 4.39 Å². The van der Waals surface area contributed by atoms with Gasteiger partial charge in [0.1, 0.15) is 5.82 Å². The summed E-state index contributed by atoms with van der Waals surface area (Å²) in [6, 6.07) is 12.9. The first-order valence-electron chi connectivity index (χ1n) is 5.98. The van der Waals surface area contributed by atoms with Gasteiger partial charge >= 0.3 is 0 Å². The molecule has 0 bridgehead atoms. The van der Waals surface area contributed by atoms with Crippen molar-refractivity contribution in [2.75, 3.05) is 0 Å². The van der Waals surface area contributed by atoms with Gasteiger partial charge in [-0.25, -0.2) is 4.39 Å². The molecule has 0 amide bonds. The fourth-order valence-electron chi connectivity index (χ4n) is 1.98. The van der Waals surface area contributed by atoms with Crippen LogP contribution in [-0.2, 0) is 12.8 Å². The van der Waals surface area contributed by atoms with Crippen LogP contribution in [0.25, 0.3) is 0 Å². The molecular weight excluding hydrogens is 373 g/mol. The Balaban J connectivity index is 2.02. The Morgan fingerprint density at radius 3 is 2.26 bits per heavy atom. The van der Waals surface area contributed by atoms with E-state index in [0.29, 0.717) is 12.0 Å². The fourth-order valence-corrected chi connectivity index (χ4v) is 2.65. The summed E-state index contributed by atoms with van der Waals surface area (Å²) in [5.41, 5.74) is 7.91. The summed E-state index contributed by atoms with van der Waals surface area (Å²) in [7, 11) is 0. The van der Waals surface area contributed by atoms with Crippen LogP contribution in [0.2, 0.25) is 0 Å². The molecule has 0 fully saturated rings. The molecule has 2 aromatic rings. The van der Waals surface area contributed by atoms with Crippen molar-refractivity contribution in [2.45, 2.75) is 18.9 Å². The Hall–Kier alpha value is -0.710. The quantitative estimate of drug-likeness (QED) is 0.824. The van der Waals surface area contributed by atoms with Gasteiger partial charge in [-0.2, -0.15) is 0 Å². The molecule has 0 aliphatic rings. The third kappa shape index (κ3) is 4.41. The summed E-state index contributed by atoms with van der Waals surface area (Å²) in [6.07, 6.45) is 1.26. The van der Waals surface area contributed by atoms with Crippen LogP contribution in [0, 0.1) is 5.82 Å². The number of rotatable bonds is 4. The summed E-state index contributed by atoms with van der Waals surface area (Å²) in [5.74, 6) is -0.200. The molecule has 0 saturated heterocycles. The van der Waals surface area contributed by atoms with Crippen LogP contribution in [0.4, 0.5) is 4.39 Å². The Bertz CT molecular complexity index is 555. The second-order valence-corrected chi connectivity index (χ2v) is 6.36. The van der Waals surface area contributed by atoms with Crippen molar-refractivity contribution in [1.82, 2.24) is 0 Å². The van der Waals surface area contributed by atoms with Crippen LogP contribution >= 0.6 is 31.9 Å². The molecule has 2 N–H and O–H groups in total. The second kappa shape index (κ2) is 6.64. The van der Waals surface area contributed by atoms with Crippen LogP contribution in [-0.4, -0.2) is 6.04 Å². The molecule has 0 aromatic heterocycles. The lowest BCUT2D eigenvalue weighted by atomic mass is 9.99. The SMILES string of the molecule is NC(Cc1ccc(Br)cc1)Cc1cc(Br)ccc1F. The van der Waals surface area contributed by atoms with Gasteiger partial charge in [0.15, 0.2) is 0 Å². The van der Waals surface area contributed by atoms with Crippen molar-refractivity contribution < 1.29 is 4.39 Å². The molecule has 4 heteroatoms. The Kier molecular flexibility index (Phi) is 5.13. The number of hydrogen-bond donors (Lipinski definition) is 1. The molecular formula is C15H14Br2FN. The highest BCUT2D eigenvalue weighted by Gasteiger charge is 2.09. The van der Waals surface area contributed by atoms with Gasteiger partial charge in [0.2, 0.25) is 0 Å². The van der Waals surface area contributed by atoms with Crippen molar-refractivity contribution in [3.05, 3.63) is 68.4 Å². The number of benzene rings is 2. The minimum atomic E-state index is -0.200. The summed E-state index contributed by atoms with van der Waals surface area (Å²) in [5, 5.41) is 0. The normalized spacial score (nSPS) is 12.4. The third-order valence-electron chi connectivity index (χ3n) is 2.90. The van der Waals surface area contributed by atoms with Crippen molar-refractivity contribution in [2.24, 2.45) is 5.73 Å². The van der Waals surface area contributed by atoms with Gasteiger partial charge in [0.05, 0.1) is 0 Å². The van der Waals surface area contributed by atoms with E-state index < -0.39 is 0 Å². The van der Waals surface area contributed by atoms with Crippen LogP contribution < -0.4 is 5.73 Å². The highest BCUT2D eigenvalue weighted by molar-refractivity contribution is 9.10. The first-order chi connectivity index (χ1) is 9.04. The number of halogens is 3. The molecule has 1 unspecified atom stereocenters. The summed E-state index contributed by atoms with van der Waals surface area (Å²) >= 11 is 6.75. The Labute approximate surface area is 129 Å². The predicted octanol–water partition coefficient (Wildman–Crippen LogP) is 4.46. The van der Waals surface area contributed by atoms with Crippen LogP contribution in [0.15, 0.2) is 51.4 Å². The van der Waals surface area contributed by atoms with E-state index >= 15 is 0 Å². The van der Waals surface area contributed by atoms with E-state index in [2.05, 4.69) is 31.9 Å². The van der Waals surface area contributed by atoms with Crippen molar-refractivity contribution in [1.29, 1.82) is 0 Å². The second-order valence-electron chi connectivity index (χ2n) is 4.53. The van der Waals surface area contributed by atoms with Crippen LogP contribution in [0.3, 0.4) is 0 Å². The maximum Gasteiger partial charge on any atom is 0.126 e. The maximum atomic E-state index is 13.6. The van der Waals surface area contributed by atoms with E-state index in [1.165, 1.54) is 6.07 Å². The first kappa shape index (κ1) is 14.7. The molecule has 2 aromatic carbocycles. The molecule has 0 saturated carbocycles. The topological polar surface area (TPSA) is 26.0 Å². The van der Waals surface area contributed by atoms with E-state index in [4.69, 9.17) is 5.73 Å². The van der Waals surface area contributed by atoms with E-state index in [0.717, 1.165) is 20.9 Å². The average Bonchev–Trinajstić information content (AvgIpc) is 2.37. The smallest absolute Gasteiger partial charge is 0.126 e. The van der Waals surface area contributed by atoms with Gasteiger partial charge in [0.25, 0.3) is 0 Å². The van der Waals surface area contributed by atoms with Crippen molar-refractivity contribution in [3.8, 4) is 0 Å². The van der Waals surface area contributed by atoms with Gasteiger partial charge in [-0.3, -0.25) is 0 Å². The van der Waals surface area contributed by atoms with Gasteiger partial charge in [-0.15, -0.1) is 0 Å². The van der Waals surface area contributed by atoms with Crippen molar-refractivity contribution in [3.63, 3.8) is 0 Å². The van der Waals surface area contributed by atoms with E-state index in [1.54, 1.807) is 12.1 Å². The molecule has 0 aliphatic carbocycles. The summed E-state index contributed by atoms with van der Waals surface area (Å²) in [6.45, 7) is 0. The zero-order valence-corrected chi connectivity index (χ0v) is 13.4. The molecule has 0 radical (unpaired) electrons. The molecule has 1 atom stereocenters. The molecule has 19 heavy (non-hydrogen) atoms. The lowest BCUT2D eigenvalue weighted by Crippen LogP contribution is -2.26. The van der Waals surface area contributed by atoms with Gasteiger partial charge in [0, 0.05) is 15.0 Å². The highest BCUT2D eigenvalue weighted by atomic mass is 79.9. The van der Waals surface area contributed by atoms with Crippen LogP contribution in [0.5, 0.6) is 0 Å². The predicted molar refractivity (Wildman–Crippen MR) is 83.6 cm³/mol. The maximum absolute atomic E-state index is 13.6. The molecule has 0 aliphatic heterocycles. The third-order valence-corrected chi connectivity index (χ3v) is 3.92. The molecule has 0 spiro atoms. The molecule has 0 heterocycles. The zero-order valence-electron chi connectivity index (χ0n) is 10.2. The summed E-state index contributed by atoms with van der Waals surface area (Å²) < 4.78 is 15.6. The largest absolute Gasteiger partial charge is 0.327 e. The summed E-state index contributed by atoms with van der Waals surface area (Å²) in [4.78, 5) is 0. The van der Waals surface area contributed by atoms with E-state index in [-0.39, 0.29) is 11.9 Å². The lowest BCUT2D eigenvalue weighted by Gasteiger charge is -2.13. The highest BCUT2D eigenvalue weighted by Crippen LogP contribution is 2.18. The average molecular weight is 387 g/mol. The van der Waals surface area contributed by atoms with E-state index in [1.807, 2.05) is 24.3 Å². The standard InChI is InChI=1S/C15H14Br2FN/c16-12-3-1-10(2-4-12)7-14(19)9-11-8-13(17)5-6-15(11)18/h1-6,8,14H,7,9,19H2. The van der Waals surface area contributed by atoms with Gasteiger partial charge < -0.3 is 5.73 Å². The lowest BCUT2D eigenvalue weighted by molar-refractivity contribution is 0.583. The fraction of sp³-hybridized carbons (Fsp3) is 0.200.